The first-order chi connectivity index (χ1) is 19.8. The summed E-state index contributed by atoms with van der Waals surface area (Å²) in [6.45, 7) is 0. The second-order valence-electron chi connectivity index (χ2n) is 10.1. The minimum Gasteiger partial charge on any atom is -0.279 e. The molecule has 2 aromatic heterocycles. The maximum atomic E-state index is 5.26. The average molecular weight is 512 g/mol. The fourth-order valence-electron chi connectivity index (χ4n) is 5.89. The fourth-order valence-corrected chi connectivity index (χ4v) is 5.89. The molecule has 6 aromatic carbocycles. The van der Waals surface area contributed by atoms with E-state index in [1.54, 1.807) is 0 Å². The van der Waals surface area contributed by atoms with Gasteiger partial charge in [0.05, 0.1) is 27.8 Å². The molecule has 0 saturated heterocycles. The van der Waals surface area contributed by atoms with Gasteiger partial charge < -0.3 is 0 Å². The molecule has 8 rings (SSSR count). The number of rotatable bonds is 4. The van der Waals surface area contributed by atoms with Gasteiger partial charge in [-0.25, -0.2) is 4.98 Å². The lowest BCUT2D eigenvalue weighted by Gasteiger charge is -2.16. The van der Waals surface area contributed by atoms with Crippen molar-refractivity contribution in [3.63, 3.8) is 0 Å². The molecule has 0 aliphatic rings. The highest BCUT2D eigenvalue weighted by Gasteiger charge is 2.20. The van der Waals surface area contributed by atoms with E-state index < -0.39 is 0 Å². The molecule has 40 heavy (non-hydrogen) atoms. The van der Waals surface area contributed by atoms with Crippen LogP contribution in [0.5, 0.6) is 0 Å². The number of nitrogens with zero attached hydrogens (tertiary/aromatic N) is 3. The van der Waals surface area contributed by atoms with Gasteiger partial charge in [0, 0.05) is 10.8 Å². The summed E-state index contributed by atoms with van der Waals surface area (Å²) in [5.41, 5.74) is 10.1. The summed E-state index contributed by atoms with van der Waals surface area (Å²) >= 11 is 0. The van der Waals surface area contributed by atoms with Crippen LogP contribution in [0.15, 0.2) is 152 Å². The van der Waals surface area contributed by atoms with E-state index in [4.69, 9.17) is 4.98 Å². The van der Waals surface area contributed by atoms with Gasteiger partial charge in [-0.1, -0.05) is 109 Å². The molecule has 0 unspecified atom stereocenters. The third kappa shape index (κ3) is 3.56. The zero-order valence-electron chi connectivity index (χ0n) is 21.8. The number of hydrogen-bond acceptors (Lipinski definition) is 1. The summed E-state index contributed by atoms with van der Waals surface area (Å²) in [5, 5.41) is 2.44. The Morgan fingerprint density at radius 1 is 0.375 bits per heavy atom. The Hall–Kier alpha value is -5.41. The van der Waals surface area contributed by atoms with Crippen molar-refractivity contribution < 1.29 is 0 Å². The first-order valence-corrected chi connectivity index (χ1v) is 13.6. The van der Waals surface area contributed by atoms with Gasteiger partial charge in [0.15, 0.2) is 0 Å². The lowest BCUT2D eigenvalue weighted by molar-refractivity contribution is 0.956. The number of aromatic nitrogens is 3. The van der Waals surface area contributed by atoms with E-state index in [1.165, 1.54) is 33.0 Å². The Kier molecular flexibility index (Phi) is 5.14. The first-order valence-electron chi connectivity index (χ1n) is 13.6. The molecule has 0 fully saturated rings. The molecule has 8 aromatic rings. The van der Waals surface area contributed by atoms with Crippen LogP contribution in [0, 0.1) is 0 Å². The van der Waals surface area contributed by atoms with E-state index in [-0.39, 0.29) is 0 Å². The lowest BCUT2D eigenvalue weighted by atomic mass is 9.98. The van der Waals surface area contributed by atoms with E-state index >= 15 is 0 Å². The van der Waals surface area contributed by atoms with Crippen molar-refractivity contribution in [1.29, 1.82) is 0 Å². The van der Waals surface area contributed by atoms with Gasteiger partial charge in [-0.2, -0.15) is 0 Å². The van der Waals surface area contributed by atoms with Gasteiger partial charge >= 0.3 is 0 Å². The molecule has 0 radical (unpaired) electrons. The van der Waals surface area contributed by atoms with Crippen LogP contribution in [0.2, 0.25) is 0 Å². The van der Waals surface area contributed by atoms with Crippen molar-refractivity contribution in [3.05, 3.63) is 152 Å². The van der Waals surface area contributed by atoms with E-state index in [0.29, 0.717) is 0 Å². The van der Waals surface area contributed by atoms with Crippen molar-refractivity contribution in [2.45, 2.75) is 0 Å². The Bertz CT molecular complexity index is 2040. The number of fused-ring (bicyclic) bond motifs is 4. The second-order valence-corrected chi connectivity index (χ2v) is 10.1. The number of benzene rings is 6. The average Bonchev–Trinajstić information content (AvgIpc) is 3.57. The van der Waals surface area contributed by atoms with Crippen LogP contribution in [0.25, 0.3) is 66.7 Å². The largest absolute Gasteiger partial charge is 0.279 e. The summed E-state index contributed by atoms with van der Waals surface area (Å²) in [7, 11) is 0. The summed E-state index contributed by atoms with van der Waals surface area (Å²) in [5.74, 6) is 0.878. The van der Waals surface area contributed by atoms with E-state index in [9.17, 15) is 0 Å². The highest BCUT2D eigenvalue weighted by Crippen LogP contribution is 2.36. The molecule has 0 N–H and O–H groups in total. The third-order valence-electron chi connectivity index (χ3n) is 7.71. The molecule has 0 bridgehead atoms. The van der Waals surface area contributed by atoms with Gasteiger partial charge in [0.25, 0.3) is 0 Å². The van der Waals surface area contributed by atoms with Crippen molar-refractivity contribution in [2.75, 3.05) is 0 Å². The number of para-hydroxylation sites is 4. The molecule has 0 saturated carbocycles. The van der Waals surface area contributed by atoms with E-state index in [2.05, 4.69) is 161 Å². The summed E-state index contributed by atoms with van der Waals surface area (Å²) in [4.78, 5) is 5.26. The van der Waals surface area contributed by atoms with Crippen LogP contribution < -0.4 is 0 Å². The van der Waals surface area contributed by atoms with Crippen LogP contribution in [0.4, 0.5) is 0 Å². The predicted octanol–water partition coefficient (Wildman–Crippen LogP) is 9.46. The van der Waals surface area contributed by atoms with Gasteiger partial charge in [-0.05, 0) is 64.7 Å². The maximum Gasteiger partial charge on any atom is 0.220 e. The molecule has 0 amide bonds. The molecule has 0 spiro atoms. The summed E-state index contributed by atoms with van der Waals surface area (Å²) in [6, 6.07) is 53.7. The molecule has 0 aliphatic carbocycles. The van der Waals surface area contributed by atoms with Crippen LogP contribution in [0.3, 0.4) is 0 Å². The van der Waals surface area contributed by atoms with Crippen LogP contribution in [0.1, 0.15) is 0 Å². The molecule has 188 valence electrons. The molecular formula is C37H25N3. The van der Waals surface area contributed by atoms with Gasteiger partial charge in [0.2, 0.25) is 5.95 Å². The third-order valence-corrected chi connectivity index (χ3v) is 7.71. The Balaban J connectivity index is 1.49. The number of hydrogen-bond donors (Lipinski definition) is 0. The first kappa shape index (κ1) is 22.6. The normalized spacial score (nSPS) is 11.5. The van der Waals surface area contributed by atoms with Crippen LogP contribution >= 0.6 is 0 Å². The summed E-state index contributed by atoms with van der Waals surface area (Å²) in [6.07, 6.45) is 0. The van der Waals surface area contributed by atoms with Crippen molar-refractivity contribution >= 4 is 32.8 Å². The quantitative estimate of drug-likeness (QED) is 0.231. The maximum absolute atomic E-state index is 5.26. The Labute approximate surface area is 232 Å². The molecule has 2 heterocycles. The molecule has 0 aliphatic heterocycles. The van der Waals surface area contributed by atoms with Crippen molar-refractivity contribution in [1.82, 2.24) is 14.1 Å². The molecular weight excluding hydrogens is 486 g/mol. The van der Waals surface area contributed by atoms with Crippen molar-refractivity contribution in [2.24, 2.45) is 0 Å². The predicted molar refractivity (Wildman–Crippen MR) is 166 cm³/mol. The molecule has 3 heteroatoms. The second kappa shape index (κ2) is 9.11. The highest BCUT2D eigenvalue weighted by molar-refractivity contribution is 6.09. The minimum atomic E-state index is 0.878. The topological polar surface area (TPSA) is 22.8 Å². The smallest absolute Gasteiger partial charge is 0.220 e. The van der Waals surface area contributed by atoms with Crippen LogP contribution in [-0.2, 0) is 0 Å². The molecule has 3 nitrogen and oxygen atoms in total. The van der Waals surface area contributed by atoms with Crippen molar-refractivity contribution in [3.8, 4) is 33.9 Å². The zero-order chi connectivity index (χ0) is 26.5. The Morgan fingerprint density at radius 3 is 1.43 bits per heavy atom. The monoisotopic (exact) mass is 511 g/mol. The van der Waals surface area contributed by atoms with Gasteiger partial charge in [-0.3, -0.25) is 9.13 Å². The zero-order valence-corrected chi connectivity index (χ0v) is 21.8. The number of imidazole rings is 1. The van der Waals surface area contributed by atoms with E-state index in [1.807, 2.05) is 0 Å². The van der Waals surface area contributed by atoms with Gasteiger partial charge in [0.1, 0.15) is 0 Å². The molecule has 0 atom stereocenters. The van der Waals surface area contributed by atoms with Gasteiger partial charge in [-0.15, -0.1) is 0 Å². The summed E-state index contributed by atoms with van der Waals surface area (Å²) < 4.78 is 4.62. The Morgan fingerprint density at radius 2 is 0.850 bits per heavy atom. The fraction of sp³-hybridized carbons (Fsp3) is 0. The lowest BCUT2D eigenvalue weighted by Crippen LogP contribution is -2.06. The van der Waals surface area contributed by atoms with E-state index in [0.717, 1.165) is 33.7 Å². The highest BCUT2D eigenvalue weighted by atomic mass is 15.2. The SMILES string of the molecule is c1ccc(-c2cc(-c3ccccc3)cc(-n3c(-n4c5ccccc5c5ccccc54)nc4ccccc43)c2)cc1. The van der Waals surface area contributed by atoms with Crippen LogP contribution in [-0.4, -0.2) is 14.1 Å². The minimum absolute atomic E-state index is 0.878. The standard InChI is InChI=1S/C37H25N3/c1-3-13-26(14-4-1)28-23-29(27-15-5-2-6-16-27)25-30(24-28)39-36-22-12-9-19-33(36)38-37(39)40-34-20-10-7-17-31(34)32-18-8-11-21-35(32)40/h1-25H.